The minimum absolute atomic E-state index is 0.0735. The minimum Gasteiger partial charge on any atom is -0.384 e. The molecule has 0 radical (unpaired) electrons. The quantitative estimate of drug-likeness (QED) is 0.839. The fraction of sp³-hybridized carbons (Fsp3) is 0.571. The summed E-state index contributed by atoms with van der Waals surface area (Å²) in [6.07, 6.45) is -1.46. The Kier molecular flexibility index (Phi) is 3.17. The monoisotopic (exact) mass is 271 g/mol. The number of hydrogen-bond donors (Lipinski definition) is 1. The maximum Gasteiger partial charge on any atom is 0.418 e. The van der Waals surface area contributed by atoms with E-state index >= 15 is 0 Å². The Bertz CT molecular complexity index is 466. The number of halogens is 3. The number of alkyl halides is 3. The van der Waals surface area contributed by atoms with Gasteiger partial charge in [-0.25, -0.2) is 0 Å². The van der Waals surface area contributed by atoms with E-state index in [2.05, 4.69) is 5.32 Å². The van der Waals surface area contributed by atoms with Crippen molar-refractivity contribution < 1.29 is 17.9 Å². The highest BCUT2D eigenvalue weighted by molar-refractivity contribution is 5.62. The zero-order valence-electron chi connectivity index (χ0n) is 10.5. The smallest absolute Gasteiger partial charge is 0.384 e. The largest absolute Gasteiger partial charge is 0.418 e. The number of ether oxygens (including phenoxy) is 1. The average Bonchev–Trinajstić information content (AvgIpc) is 2.90. The Morgan fingerprint density at radius 2 is 2.05 bits per heavy atom. The van der Waals surface area contributed by atoms with E-state index in [9.17, 15) is 13.2 Å². The number of anilines is 1. The van der Waals surface area contributed by atoms with Gasteiger partial charge >= 0.3 is 6.18 Å². The van der Waals surface area contributed by atoms with Crippen LogP contribution in [0.25, 0.3) is 0 Å². The molecule has 1 saturated heterocycles. The molecule has 0 aliphatic carbocycles. The summed E-state index contributed by atoms with van der Waals surface area (Å²) < 4.78 is 44.7. The van der Waals surface area contributed by atoms with Gasteiger partial charge in [-0.3, -0.25) is 0 Å². The van der Waals surface area contributed by atoms with E-state index in [1.165, 1.54) is 6.07 Å². The van der Waals surface area contributed by atoms with Crippen LogP contribution in [0.3, 0.4) is 0 Å². The zero-order valence-corrected chi connectivity index (χ0v) is 10.5. The lowest BCUT2D eigenvalue weighted by Crippen LogP contribution is -2.27. The van der Waals surface area contributed by atoms with Gasteiger partial charge in [-0.2, -0.15) is 13.2 Å². The first-order valence-electron chi connectivity index (χ1n) is 6.63. The highest BCUT2D eigenvalue weighted by atomic mass is 19.4. The summed E-state index contributed by atoms with van der Waals surface area (Å²) >= 11 is 0. The van der Waals surface area contributed by atoms with Crippen molar-refractivity contribution in [2.45, 2.75) is 37.5 Å². The lowest BCUT2D eigenvalue weighted by Gasteiger charge is -2.32. The van der Waals surface area contributed by atoms with Crippen LogP contribution in [0.5, 0.6) is 0 Å². The molecule has 1 fully saturated rings. The lowest BCUT2D eigenvalue weighted by atomic mass is 9.84. The predicted octanol–water partition coefficient (Wildman–Crippen LogP) is 3.78. The van der Waals surface area contributed by atoms with Gasteiger partial charge in [-0.15, -0.1) is 0 Å². The van der Waals surface area contributed by atoms with Gasteiger partial charge in [0.1, 0.15) is 0 Å². The van der Waals surface area contributed by atoms with E-state index in [0.717, 1.165) is 37.5 Å². The number of rotatable bonds is 1. The second kappa shape index (κ2) is 4.71. The molecule has 2 nitrogen and oxygen atoms in total. The molecule has 2 aliphatic heterocycles. The Morgan fingerprint density at radius 1 is 1.21 bits per heavy atom. The first kappa shape index (κ1) is 12.8. The normalized spacial score (nSPS) is 26.9. The van der Waals surface area contributed by atoms with Crippen LogP contribution in [0.2, 0.25) is 0 Å². The van der Waals surface area contributed by atoms with Crippen LogP contribution in [-0.2, 0) is 10.9 Å². The second-order valence-electron chi connectivity index (χ2n) is 5.14. The Balaban J connectivity index is 2.00. The highest BCUT2D eigenvalue weighted by Gasteiger charge is 2.38. The van der Waals surface area contributed by atoms with E-state index in [-0.39, 0.29) is 17.7 Å². The van der Waals surface area contributed by atoms with Gasteiger partial charge in [0.25, 0.3) is 0 Å². The topological polar surface area (TPSA) is 21.3 Å². The summed E-state index contributed by atoms with van der Waals surface area (Å²) in [6, 6.07) is 4.43. The lowest BCUT2D eigenvalue weighted by molar-refractivity contribution is -0.137. The van der Waals surface area contributed by atoms with Crippen LogP contribution >= 0.6 is 0 Å². The van der Waals surface area contributed by atoms with Gasteiger partial charge in [0, 0.05) is 24.8 Å². The van der Waals surface area contributed by atoms with E-state index < -0.39 is 11.7 Å². The van der Waals surface area contributed by atoms with E-state index in [0.29, 0.717) is 6.54 Å². The number of para-hydroxylation sites is 1. The van der Waals surface area contributed by atoms with Crippen LogP contribution in [0, 0.1) is 0 Å². The first-order chi connectivity index (χ1) is 9.07. The molecular formula is C14H16F3NO. The summed E-state index contributed by atoms with van der Waals surface area (Å²) in [7, 11) is 0. The Labute approximate surface area is 109 Å². The minimum atomic E-state index is -4.31. The van der Waals surface area contributed by atoms with Gasteiger partial charge in [0.2, 0.25) is 0 Å². The maximum atomic E-state index is 13.0. The highest BCUT2D eigenvalue weighted by Crippen LogP contribution is 2.44. The molecule has 104 valence electrons. The van der Waals surface area contributed by atoms with Gasteiger partial charge in [0.15, 0.2) is 0 Å². The molecule has 0 aromatic heterocycles. The summed E-state index contributed by atoms with van der Waals surface area (Å²) in [4.78, 5) is 0. The molecule has 2 aliphatic rings. The van der Waals surface area contributed by atoms with E-state index in [1.54, 1.807) is 6.07 Å². The Morgan fingerprint density at radius 3 is 2.74 bits per heavy atom. The van der Waals surface area contributed by atoms with Crippen molar-refractivity contribution in [2.75, 3.05) is 18.5 Å². The third-order valence-corrected chi connectivity index (χ3v) is 3.97. The third-order valence-electron chi connectivity index (χ3n) is 3.97. The van der Waals surface area contributed by atoms with E-state index in [4.69, 9.17) is 4.74 Å². The molecule has 0 saturated carbocycles. The van der Waals surface area contributed by atoms with Gasteiger partial charge in [0.05, 0.1) is 11.7 Å². The number of benzene rings is 1. The molecule has 5 heteroatoms. The van der Waals surface area contributed by atoms with Crippen molar-refractivity contribution in [3.63, 3.8) is 0 Å². The second-order valence-corrected chi connectivity index (χ2v) is 5.14. The Hall–Kier alpha value is -1.23. The standard InChI is InChI=1S/C14H16F3NO/c15-14(16,17)11-4-1-3-10-9(6-7-18-13(10)11)12-5-2-8-19-12/h1,3-4,9,12,18H,2,5-8H2. The predicted molar refractivity (Wildman–Crippen MR) is 66.3 cm³/mol. The molecular weight excluding hydrogens is 255 g/mol. The van der Waals surface area contributed by atoms with Crippen molar-refractivity contribution in [3.05, 3.63) is 29.3 Å². The van der Waals surface area contributed by atoms with Crippen molar-refractivity contribution in [2.24, 2.45) is 0 Å². The van der Waals surface area contributed by atoms with Crippen LogP contribution in [0.4, 0.5) is 18.9 Å². The molecule has 2 unspecified atom stereocenters. The third kappa shape index (κ3) is 2.31. The first-order valence-corrected chi connectivity index (χ1v) is 6.63. The van der Waals surface area contributed by atoms with Crippen LogP contribution in [0.1, 0.15) is 36.3 Å². The molecule has 1 N–H and O–H groups in total. The molecule has 1 aromatic carbocycles. The molecule has 3 rings (SSSR count). The molecule has 1 aromatic rings. The molecule has 0 spiro atoms. The molecule has 0 bridgehead atoms. The molecule has 0 amide bonds. The van der Waals surface area contributed by atoms with Gasteiger partial charge < -0.3 is 10.1 Å². The van der Waals surface area contributed by atoms with Gasteiger partial charge in [-0.1, -0.05) is 12.1 Å². The fourth-order valence-electron chi connectivity index (χ4n) is 3.13. The van der Waals surface area contributed by atoms with Crippen molar-refractivity contribution >= 4 is 5.69 Å². The number of nitrogens with one attached hydrogen (secondary N) is 1. The van der Waals surface area contributed by atoms with Crippen LogP contribution in [0.15, 0.2) is 18.2 Å². The molecule has 2 atom stereocenters. The molecule has 2 heterocycles. The van der Waals surface area contributed by atoms with Crippen LogP contribution in [-0.4, -0.2) is 19.3 Å². The summed E-state index contributed by atoms with van der Waals surface area (Å²) in [5, 5.41) is 2.92. The SMILES string of the molecule is FC(F)(F)c1cccc2c1NCCC2C1CCCO1. The van der Waals surface area contributed by atoms with Crippen molar-refractivity contribution in [1.29, 1.82) is 0 Å². The summed E-state index contributed by atoms with van der Waals surface area (Å²) in [5.41, 5.74) is 0.447. The van der Waals surface area contributed by atoms with Crippen LogP contribution < -0.4 is 5.32 Å². The number of hydrogen-bond acceptors (Lipinski definition) is 2. The number of fused-ring (bicyclic) bond motifs is 1. The fourth-order valence-corrected chi connectivity index (χ4v) is 3.13. The zero-order chi connectivity index (χ0) is 13.5. The van der Waals surface area contributed by atoms with E-state index in [1.807, 2.05) is 0 Å². The maximum absolute atomic E-state index is 13.0. The summed E-state index contributed by atoms with van der Waals surface area (Å²) in [6.45, 7) is 1.30. The van der Waals surface area contributed by atoms with Crippen molar-refractivity contribution in [3.8, 4) is 0 Å². The molecule has 19 heavy (non-hydrogen) atoms. The van der Waals surface area contributed by atoms with Crippen molar-refractivity contribution in [1.82, 2.24) is 0 Å². The average molecular weight is 271 g/mol. The van der Waals surface area contributed by atoms with Gasteiger partial charge in [-0.05, 0) is 30.9 Å². The summed E-state index contributed by atoms with van der Waals surface area (Å²) in [5.74, 6) is 0.0843.